The Kier molecular flexibility index (Phi) is 7.05. The molecule has 0 atom stereocenters. The molecule has 1 aromatic rings. The highest BCUT2D eigenvalue weighted by Gasteiger charge is 2.28. The molecule has 2 rings (SSSR count). The number of carbonyl (C=O) groups excluding carboxylic acids is 1. The molecule has 0 saturated carbocycles. The fourth-order valence-corrected chi connectivity index (χ4v) is 4.01. The van der Waals surface area contributed by atoms with E-state index in [2.05, 4.69) is 15.0 Å². The molecule has 9 heteroatoms. The molecular formula is C21H29FN2O5S. The maximum absolute atomic E-state index is 13.2. The number of benzene rings is 1. The molecule has 1 saturated heterocycles. The Morgan fingerprint density at radius 3 is 2.13 bits per heavy atom. The van der Waals surface area contributed by atoms with Crippen LogP contribution in [0.5, 0.6) is 5.75 Å². The quantitative estimate of drug-likeness (QED) is 0.529. The summed E-state index contributed by atoms with van der Waals surface area (Å²) in [5.41, 5.74) is 2.49. The molecule has 1 amide bonds. The van der Waals surface area contributed by atoms with E-state index in [0.29, 0.717) is 49.4 Å². The molecule has 1 aliphatic rings. The normalized spacial score (nSPS) is 15.6. The van der Waals surface area contributed by atoms with Crippen LogP contribution >= 0.6 is 0 Å². The van der Waals surface area contributed by atoms with Crippen LogP contribution < -0.4 is 4.18 Å². The molecule has 0 aliphatic carbocycles. The molecular weight excluding hydrogens is 411 g/mol. The van der Waals surface area contributed by atoms with Crippen LogP contribution in [0.25, 0.3) is 0 Å². The van der Waals surface area contributed by atoms with Crippen molar-refractivity contribution in [2.75, 3.05) is 26.2 Å². The van der Waals surface area contributed by atoms with E-state index in [0.717, 1.165) is 11.1 Å². The number of halogens is 1. The highest BCUT2D eigenvalue weighted by atomic mass is 32.3. The summed E-state index contributed by atoms with van der Waals surface area (Å²) in [6.45, 7) is 13.3. The second-order valence-electron chi connectivity index (χ2n) is 8.42. The summed E-state index contributed by atoms with van der Waals surface area (Å²) in [5.74, 6) is 2.48. The van der Waals surface area contributed by atoms with Gasteiger partial charge in [0.1, 0.15) is 5.60 Å². The van der Waals surface area contributed by atoms with Gasteiger partial charge in [0.05, 0.1) is 0 Å². The summed E-state index contributed by atoms with van der Waals surface area (Å²) in [6.07, 6.45) is 5.27. The smallest absolute Gasteiger partial charge is 0.444 e. The zero-order chi connectivity index (χ0) is 22.9. The second kappa shape index (κ2) is 8.82. The van der Waals surface area contributed by atoms with Gasteiger partial charge < -0.3 is 13.8 Å². The topological polar surface area (TPSA) is 76.2 Å². The van der Waals surface area contributed by atoms with Gasteiger partial charge in [-0.25, -0.2) is 4.79 Å². The number of piperazine rings is 1. The lowest BCUT2D eigenvalue weighted by molar-refractivity contribution is 0.0138. The van der Waals surface area contributed by atoms with Gasteiger partial charge in [0.15, 0.2) is 5.75 Å². The highest BCUT2D eigenvalue weighted by Crippen LogP contribution is 2.34. The SMILES string of the molecule is C#Cc1c(C)c(CN2CCN(C(=O)OC(C)(C)C)CC2)c(C)c(OS(=O)(=O)F)c1C. The van der Waals surface area contributed by atoms with Crippen molar-refractivity contribution < 1.29 is 26.0 Å². The Morgan fingerprint density at radius 1 is 1.10 bits per heavy atom. The lowest BCUT2D eigenvalue weighted by Crippen LogP contribution is -2.49. The minimum Gasteiger partial charge on any atom is -0.444 e. The molecule has 1 heterocycles. The predicted molar refractivity (Wildman–Crippen MR) is 112 cm³/mol. The van der Waals surface area contributed by atoms with Crippen molar-refractivity contribution in [2.45, 2.75) is 53.7 Å². The van der Waals surface area contributed by atoms with E-state index in [9.17, 15) is 17.1 Å². The van der Waals surface area contributed by atoms with Crippen LogP contribution in [-0.4, -0.2) is 56.1 Å². The minimum atomic E-state index is -5.18. The average Bonchev–Trinajstić information content (AvgIpc) is 2.61. The highest BCUT2D eigenvalue weighted by molar-refractivity contribution is 7.81. The summed E-state index contributed by atoms with van der Waals surface area (Å²) >= 11 is 0. The molecule has 1 fully saturated rings. The van der Waals surface area contributed by atoms with Gasteiger partial charge in [0, 0.05) is 43.9 Å². The van der Waals surface area contributed by atoms with Gasteiger partial charge >= 0.3 is 16.6 Å². The Hall–Kier alpha value is -2.31. The lowest BCUT2D eigenvalue weighted by Gasteiger charge is -2.36. The van der Waals surface area contributed by atoms with Crippen LogP contribution in [0.3, 0.4) is 0 Å². The maximum Gasteiger partial charge on any atom is 0.488 e. The third kappa shape index (κ3) is 5.86. The summed E-state index contributed by atoms with van der Waals surface area (Å²) in [4.78, 5) is 16.0. The van der Waals surface area contributed by atoms with Crippen molar-refractivity contribution in [2.24, 2.45) is 0 Å². The van der Waals surface area contributed by atoms with Gasteiger partial charge in [-0.15, -0.1) is 6.42 Å². The van der Waals surface area contributed by atoms with Crippen LogP contribution in [-0.2, 0) is 21.8 Å². The van der Waals surface area contributed by atoms with Crippen LogP contribution in [0.2, 0.25) is 0 Å². The Balaban J connectivity index is 2.23. The Labute approximate surface area is 178 Å². The zero-order valence-electron chi connectivity index (χ0n) is 18.3. The molecule has 0 bridgehead atoms. The summed E-state index contributed by atoms with van der Waals surface area (Å²) < 4.78 is 45.4. The average molecular weight is 441 g/mol. The van der Waals surface area contributed by atoms with Gasteiger partial charge in [-0.05, 0) is 58.2 Å². The number of nitrogens with zero attached hydrogens (tertiary/aromatic N) is 2. The predicted octanol–water partition coefficient (Wildman–Crippen LogP) is 3.24. The molecule has 0 radical (unpaired) electrons. The molecule has 1 aliphatic heterocycles. The fraction of sp³-hybridized carbons (Fsp3) is 0.571. The maximum atomic E-state index is 13.2. The molecule has 1 aromatic carbocycles. The molecule has 0 unspecified atom stereocenters. The Bertz CT molecular complexity index is 969. The molecule has 7 nitrogen and oxygen atoms in total. The first kappa shape index (κ1) is 24.0. The van der Waals surface area contributed by atoms with Crippen molar-refractivity contribution in [1.82, 2.24) is 9.80 Å². The first-order chi connectivity index (χ1) is 13.7. The van der Waals surface area contributed by atoms with Gasteiger partial charge in [-0.3, -0.25) is 4.90 Å². The van der Waals surface area contributed by atoms with Crippen molar-refractivity contribution >= 4 is 16.6 Å². The minimum absolute atomic E-state index is 0.0709. The van der Waals surface area contributed by atoms with Crippen molar-refractivity contribution in [3.63, 3.8) is 0 Å². The van der Waals surface area contributed by atoms with E-state index in [1.165, 1.54) is 0 Å². The van der Waals surface area contributed by atoms with E-state index >= 15 is 0 Å². The number of hydrogen-bond donors (Lipinski definition) is 0. The largest absolute Gasteiger partial charge is 0.488 e. The number of ether oxygens (including phenoxy) is 1. The summed E-state index contributed by atoms with van der Waals surface area (Å²) in [5, 5.41) is 0. The second-order valence-corrected chi connectivity index (χ2v) is 9.37. The number of hydrogen-bond acceptors (Lipinski definition) is 6. The molecule has 166 valence electrons. The summed E-state index contributed by atoms with van der Waals surface area (Å²) in [7, 11) is -5.18. The lowest BCUT2D eigenvalue weighted by atomic mass is 9.92. The third-order valence-electron chi connectivity index (χ3n) is 5.07. The van der Waals surface area contributed by atoms with Crippen molar-refractivity contribution in [1.29, 1.82) is 0 Å². The van der Waals surface area contributed by atoms with Crippen LogP contribution in [0, 0.1) is 33.1 Å². The number of terminal acetylenes is 1. The third-order valence-corrected chi connectivity index (χ3v) is 5.44. The van der Waals surface area contributed by atoms with E-state index in [1.54, 1.807) is 18.7 Å². The van der Waals surface area contributed by atoms with Crippen molar-refractivity contribution in [3.8, 4) is 18.1 Å². The molecule has 30 heavy (non-hydrogen) atoms. The van der Waals surface area contributed by atoms with Crippen molar-refractivity contribution in [3.05, 3.63) is 27.8 Å². The molecule has 0 spiro atoms. The van der Waals surface area contributed by atoms with Crippen LogP contribution in [0.4, 0.5) is 8.68 Å². The van der Waals surface area contributed by atoms with Gasteiger partial charge in [0.2, 0.25) is 0 Å². The van der Waals surface area contributed by atoms with Crippen LogP contribution in [0.1, 0.15) is 48.6 Å². The first-order valence-corrected chi connectivity index (χ1v) is 11.0. The fourth-order valence-electron chi connectivity index (χ4n) is 3.56. The number of rotatable bonds is 4. The monoisotopic (exact) mass is 440 g/mol. The van der Waals surface area contributed by atoms with Gasteiger partial charge in [-0.1, -0.05) is 9.81 Å². The van der Waals surface area contributed by atoms with E-state index in [1.807, 2.05) is 27.7 Å². The van der Waals surface area contributed by atoms with Gasteiger partial charge in [-0.2, -0.15) is 8.42 Å². The summed E-state index contributed by atoms with van der Waals surface area (Å²) in [6, 6.07) is 0. The van der Waals surface area contributed by atoms with E-state index in [4.69, 9.17) is 11.2 Å². The van der Waals surface area contributed by atoms with E-state index < -0.39 is 16.1 Å². The standard InChI is InChI=1S/C21H29FN2O5S/c1-8-17-14(2)18(16(4)19(15(17)3)29-30(22,26)27)13-23-9-11-24(12-10-23)20(25)28-21(5,6)7/h1H,9-13H2,2-7H3. The molecule has 0 N–H and O–H groups in total. The molecule has 0 aromatic heterocycles. The Morgan fingerprint density at radius 2 is 1.67 bits per heavy atom. The number of carbonyl (C=O) groups is 1. The van der Waals surface area contributed by atoms with E-state index in [-0.39, 0.29) is 11.8 Å². The van der Waals surface area contributed by atoms with Crippen LogP contribution in [0.15, 0.2) is 0 Å². The zero-order valence-corrected chi connectivity index (χ0v) is 19.2. The van der Waals surface area contributed by atoms with Gasteiger partial charge in [0.25, 0.3) is 0 Å². The number of amides is 1. The first-order valence-electron chi connectivity index (χ1n) is 9.67.